The van der Waals surface area contributed by atoms with Crippen LogP contribution in [0.5, 0.6) is 5.75 Å². The van der Waals surface area contributed by atoms with E-state index in [0.717, 1.165) is 6.26 Å². The van der Waals surface area contributed by atoms with Crippen molar-refractivity contribution < 1.29 is 27.9 Å². The molecule has 3 atom stereocenters. The number of ether oxygens (including phenoxy) is 1. The molecule has 0 spiro atoms. The third kappa shape index (κ3) is 6.50. The highest BCUT2D eigenvalue weighted by atomic mass is 32.2. The first-order valence-electron chi connectivity index (χ1n) is 11.3. The van der Waals surface area contributed by atoms with Crippen LogP contribution in [-0.2, 0) is 10.0 Å². The summed E-state index contributed by atoms with van der Waals surface area (Å²) in [7, 11) is -2.02. The summed E-state index contributed by atoms with van der Waals surface area (Å²) in [5.74, 6) is -0.485. The molecule has 0 saturated heterocycles. The van der Waals surface area contributed by atoms with Crippen LogP contribution < -0.4 is 15.4 Å². The summed E-state index contributed by atoms with van der Waals surface area (Å²) in [5, 5.41) is 15.2. The van der Waals surface area contributed by atoms with Gasteiger partial charge in [-0.15, -0.1) is 0 Å². The molecule has 11 heteroatoms. The lowest BCUT2D eigenvalue weighted by molar-refractivity contribution is 0.0389. The van der Waals surface area contributed by atoms with Crippen molar-refractivity contribution in [2.45, 2.75) is 26.0 Å². The summed E-state index contributed by atoms with van der Waals surface area (Å²) in [4.78, 5) is 27.7. The Morgan fingerprint density at radius 1 is 1.20 bits per heavy atom. The zero-order valence-electron chi connectivity index (χ0n) is 20.3. The number of sulfonamides is 1. The fraction of sp³-hybridized carbons (Fsp3) is 0.417. The number of nitrogens with zero attached hydrogens (tertiary/aromatic N) is 2. The molecule has 190 valence electrons. The molecule has 0 radical (unpaired) electrons. The zero-order valence-corrected chi connectivity index (χ0v) is 21.1. The van der Waals surface area contributed by atoms with Crippen molar-refractivity contribution in [1.82, 2.24) is 9.21 Å². The number of carbonyl (C=O) groups excluding carboxylic acids is 2. The standard InChI is InChI=1S/C24H32N4O6S/c1-16-13-28(17(2)15-29)23(30)19-11-8-12-20(26-24(31)25-18-9-6-5-7-10-18)22(19)34-21(16)14-27(3)35(4,32)33/h5-12,16-17,21,29H,13-15H2,1-4H3,(H2,25,26,31)/t16-,17-,21-/m1/s1. The van der Waals surface area contributed by atoms with Crippen molar-refractivity contribution in [3.63, 3.8) is 0 Å². The Morgan fingerprint density at radius 3 is 2.51 bits per heavy atom. The molecule has 1 aliphatic rings. The van der Waals surface area contributed by atoms with Gasteiger partial charge < -0.3 is 25.4 Å². The Bertz CT molecular complexity index is 1160. The average molecular weight is 505 g/mol. The van der Waals surface area contributed by atoms with Crippen LogP contribution in [0.25, 0.3) is 0 Å². The van der Waals surface area contributed by atoms with Crippen LogP contribution in [0.3, 0.4) is 0 Å². The van der Waals surface area contributed by atoms with Gasteiger partial charge in [0.2, 0.25) is 10.0 Å². The number of rotatable bonds is 7. The number of aliphatic hydroxyl groups is 1. The van der Waals surface area contributed by atoms with Gasteiger partial charge in [-0.05, 0) is 31.2 Å². The number of amides is 3. The van der Waals surface area contributed by atoms with E-state index < -0.39 is 28.2 Å². The van der Waals surface area contributed by atoms with Crippen molar-refractivity contribution in [2.24, 2.45) is 5.92 Å². The van der Waals surface area contributed by atoms with Crippen molar-refractivity contribution in [3.05, 3.63) is 54.1 Å². The van der Waals surface area contributed by atoms with Crippen LogP contribution in [0.4, 0.5) is 16.2 Å². The molecule has 0 bridgehead atoms. The lowest BCUT2D eigenvalue weighted by Gasteiger charge is -2.38. The number of anilines is 2. The van der Waals surface area contributed by atoms with E-state index in [4.69, 9.17) is 4.74 Å². The van der Waals surface area contributed by atoms with Crippen molar-refractivity contribution in [2.75, 3.05) is 43.6 Å². The third-order valence-corrected chi connectivity index (χ3v) is 7.26. The summed E-state index contributed by atoms with van der Waals surface area (Å²) in [6.07, 6.45) is 0.481. The topological polar surface area (TPSA) is 128 Å². The SMILES string of the molecule is C[C@@H]1CN([C@H](C)CO)C(=O)c2cccc(NC(=O)Nc3ccccc3)c2O[C@@H]1CN(C)S(C)(=O)=O. The van der Waals surface area contributed by atoms with Gasteiger partial charge in [-0.2, -0.15) is 0 Å². The molecule has 3 rings (SSSR count). The second-order valence-electron chi connectivity index (χ2n) is 8.79. The lowest BCUT2D eigenvalue weighted by atomic mass is 9.99. The van der Waals surface area contributed by atoms with E-state index in [2.05, 4.69) is 10.6 Å². The molecular weight excluding hydrogens is 472 g/mol. The largest absolute Gasteiger partial charge is 0.486 e. The minimum atomic E-state index is -3.48. The first kappa shape index (κ1) is 26.5. The number of benzene rings is 2. The average Bonchev–Trinajstić information content (AvgIpc) is 2.81. The Hall–Kier alpha value is -3.15. The molecule has 0 saturated carbocycles. The third-order valence-electron chi connectivity index (χ3n) is 5.97. The van der Waals surface area contributed by atoms with E-state index in [1.807, 2.05) is 13.0 Å². The molecule has 2 aromatic rings. The molecule has 10 nitrogen and oxygen atoms in total. The van der Waals surface area contributed by atoms with Crippen LogP contribution in [-0.4, -0.2) is 79.8 Å². The molecule has 2 aromatic carbocycles. The number of hydrogen-bond donors (Lipinski definition) is 3. The first-order valence-corrected chi connectivity index (χ1v) is 13.1. The highest BCUT2D eigenvalue weighted by Gasteiger charge is 2.35. The van der Waals surface area contributed by atoms with Crippen LogP contribution >= 0.6 is 0 Å². The molecule has 0 aliphatic carbocycles. The number of urea groups is 1. The normalized spacial score (nSPS) is 19.3. The van der Waals surface area contributed by atoms with E-state index in [-0.39, 0.29) is 48.5 Å². The molecule has 1 heterocycles. The smallest absolute Gasteiger partial charge is 0.323 e. The molecule has 1 aliphatic heterocycles. The number of nitrogens with one attached hydrogen (secondary N) is 2. The highest BCUT2D eigenvalue weighted by molar-refractivity contribution is 7.88. The number of likely N-dealkylation sites (N-methyl/N-ethyl adjacent to an activating group) is 1. The van der Waals surface area contributed by atoms with Crippen molar-refractivity contribution >= 4 is 33.3 Å². The predicted octanol–water partition coefficient (Wildman–Crippen LogP) is 2.44. The van der Waals surface area contributed by atoms with Gasteiger partial charge in [-0.1, -0.05) is 31.2 Å². The Balaban J connectivity index is 2.00. The summed E-state index contributed by atoms with van der Waals surface area (Å²) >= 11 is 0. The molecule has 35 heavy (non-hydrogen) atoms. The van der Waals surface area contributed by atoms with Gasteiger partial charge in [-0.3, -0.25) is 4.79 Å². The number of para-hydroxylation sites is 2. The maximum absolute atomic E-state index is 13.5. The van der Waals surface area contributed by atoms with Crippen LogP contribution in [0.15, 0.2) is 48.5 Å². The van der Waals surface area contributed by atoms with Crippen LogP contribution in [0.1, 0.15) is 24.2 Å². The monoisotopic (exact) mass is 504 g/mol. The molecule has 0 aromatic heterocycles. The van der Waals surface area contributed by atoms with E-state index in [1.165, 1.54) is 11.4 Å². The predicted molar refractivity (Wildman–Crippen MR) is 134 cm³/mol. The van der Waals surface area contributed by atoms with E-state index >= 15 is 0 Å². The first-order chi connectivity index (χ1) is 16.5. The van der Waals surface area contributed by atoms with Crippen LogP contribution in [0, 0.1) is 5.92 Å². The van der Waals surface area contributed by atoms with Gasteiger partial charge in [0.25, 0.3) is 5.91 Å². The Kier molecular flexibility index (Phi) is 8.36. The second kappa shape index (κ2) is 11.1. The zero-order chi connectivity index (χ0) is 25.8. The summed E-state index contributed by atoms with van der Waals surface area (Å²) in [5.41, 5.74) is 1.06. The minimum absolute atomic E-state index is 0.0412. The maximum Gasteiger partial charge on any atom is 0.323 e. The number of aliphatic hydroxyl groups excluding tert-OH is 1. The fourth-order valence-electron chi connectivity index (χ4n) is 3.75. The van der Waals surface area contributed by atoms with Gasteiger partial charge in [0.05, 0.1) is 36.7 Å². The van der Waals surface area contributed by atoms with Crippen molar-refractivity contribution in [3.8, 4) is 5.75 Å². The highest BCUT2D eigenvalue weighted by Crippen LogP contribution is 2.35. The Labute approximate surface area is 205 Å². The van der Waals surface area contributed by atoms with Gasteiger partial charge in [0.15, 0.2) is 5.75 Å². The van der Waals surface area contributed by atoms with Gasteiger partial charge in [0.1, 0.15) is 6.10 Å². The second-order valence-corrected chi connectivity index (χ2v) is 10.9. The quantitative estimate of drug-likeness (QED) is 0.531. The Morgan fingerprint density at radius 2 is 1.89 bits per heavy atom. The lowest BCUT2D eigenvalue weighted by Crippen LogP contribution is -2.50. The number of hydrogen-bond acceptors (Lipinski definition) is 6. The maximum atomic E-state index is 13.5. The number of fused-ring (bicyclic) bond motifs is 1. The number of carbonyl (C=O) groups is 2. The van der Waals surface area contributed by atoms with Gasteiger partial charge >= 0.3 is 6.03 Å². The summed E-state index contributed by atoms with van der Waals surface area (Å²) in [6.45, 7) is 3.65. The van der Waals surface area contributed by atoms with Gasteiger partial charge in [-0.25, -0.2) is 17.5 Å². The minimum Gasteiger partial charge on any atom is -0.486 e. The molecule has 3 amide bonds. The van der Waals surface area contributed by atoms with Crippen molar-refractivity contribution in [1.29, 1.82) is 0 Å². The van der Waals surface area contributed by atoms with E-state index in [9.17, 15) is 23.1 Å². The summed E-state index contributed by atoms with van der Waals surface area (Å²) < 4.78 is 31.6. The molecule has 0 fully saturated rings. The van der Waals surface area contributed by atoms with Gasteiger partial charge in [0, 0.05) is 25.2 Å². The molecule has 0 unspecified atom stereocenters. The van der Waals surface area contributed by atoms with E-state index in [1.54, 1.807) is 54.3 Å². The van der Waals surface area contributed by atoms with E-state index in [0.29, 0.717) is 5.69 Å². The summed E-state index contributed by atoms with van der Waals surface area (Å²) in [6, 6.07) is 12.7. The molecule has 3 N–H and O–H groups in total. The molecular formula is C24H32N4O6S. The fourth-order valence-corrected chi connectivity index (χ4v) is 4.17. The van der Waals surface area contributed by atoms with Crippen LogP contribution in [0.2, 0.25) is 0 Å².